The number of carbonyl (C=O) groups excluding carboxylic acids is 1. The average Bonchev–Trinajstić information content (AvgIpc) is 3.41. The molecule has 1 aromatic heterocycles. The Morgan fingerprint density at radius 3 is 2.32 bits per heavy atom. The third-order valence-electron chi connectivity index (χ3n) is 3.84. The number of benzene rings is 1. The predicted octanol–water partition coefficient (Wildman–Crippen LogP) is 4.67. The minimum Gasteiger partial charge on any atom is -0.439 e. The van der Waals surface area contributed by atoms with Crippen LogP contribution in [-0.2, 0) is 11.0 Å². The minimum absolute atomic E-state index is 0. The van der Waals surface area contributed by atoms with E-state index in [1.54, 1.807) is 6.07 Å². The maximum Gasteiger partial charge on any atom is 0.416 e. The largest absolute Gasteiger partial charge is 0.439 e. The SMILES string of the molecule is Cl.Cl.O=C(CNCC1CC1)Nc1ccc(Oc2ccc(C(F)(F)F)cc2)nc1. The zero-order valence-corrected chi connectivity index (χ0v) is 16.3. The molecule has 1 amide bonds. The van der Waals surface area contributed by atoms with Crippen molar-refractivity contribution >= 4 is 36.4 Å². The van der Waals surface area contributed by atoms with Crippen molar-refractivity contribution in [2.24, 2.45) is 5.92 Å². The minimum atomic E-state index is -4.38. The van der Waals surface area contributed by atoms with Gasteiger partial charge in [-0.05, 0) is 55.6 Å². The molecule has 0 unspecified atom stereocenters. The molecule has 0 saturated heterocycles. The Hall–Kier alpha value is -2.03. The number of carbonyl (C=O) groups is 1. The molecule has 0 bridgehead atoms. The van der Waals surface area contributed by atoms with Crippen molar-refractivity contribution in [1.82, 2.24) is 10.3 Å². The molecule has 0 atom stereocenters. The van der Waals surface area contributed by atoms with E-state index in [0.717, 1.165) is 18.7 Å². The van der Waals surface area contributed by atoms with Gasteiger partial charge < -0.3 is 15.4 Å². The van der Waals surface area contributed by atoms with Crippen LogP contribution in [0.25, 0.3) is 0 Å². The molecular formula is C18H20Cl2F3N3O2. The first-order valence-corrected chi connectivity index (χ1v) is 8.22. The van der Waals surface area contributed by atoms with Crippen molar-refractivity contribution in [3.8, 4) is 11.6 Å². The molecule has 0 spiro atoms. The van der Waals surface area contributed by atoms with Crippen molar-refractivity contribution < 1.29 is 22.7 Å². The van der Waals surface area contributed by atoms with E-state index in [-0.39, 0.29) is 48.9 Å². The molecule has 0 radical (unpaired) electrons. The highest BCUT2D eigenvalue weighted by atomic mass is 35.5. The van der Waals surface area contributed by atoms with E-state index >= 15 is 0 Å². The Bertz CT molecular complexity index is 752. The van der Waals surface area contributed by atoms with Gasteiger partial charge in [0.2, 0.25) is 11.8 Å². The highest BCUT2D eigenvalue weighted by Crippen LogP contribution is 2.31. The maximum atomic E-state index is 12.5. The number of hydrogen-bond acceptors (Lipinski definition) is 4. The summed E-state index contributed by atoms with van der Waals surface area (Å²) in [7, 11) is 0. The van der Waals surface area contributed by atoms with Crippen LogP contribution in [0.5, 0.6) is 11.6 Å². The number of anilines is 1. The highest BCUT2D eigenvalue weighted by Gasteiger charge is 2.30. The predicted molar refractivity (Wildman–Crippen MR) is 104 cm³/mol. The summed E-state index contributed by atoms with van der Waals surface area (Å²) in [5.41, 5.74) is -0.228. The summed E-state index contributed by atoms with van der Waals surface area (Å²) in [5.74, 6) is 0.996. The highest BCUT2D eigenvalue weighted by molar-refractivity contribution is 5.92. The number of aromatic nitrogens is 1. The van der Waals surface area contributed by atoms with Crippen LogP contribution in [0.1, 0.15) is 18.4 Å². The van der Waals surface area contributed by atoms with Crippen LogP contribution in [0, 0.1) is 5.92 Å². The van der Waals surface area contributed by atoms with Crippen LogP contribution in [0.3, 0.4) is 0 Å². The second-order valence-corrected chi connectivity index (χ2v) is 6.13. The topological polar surface area (TPSA) is 63.2 Å². The number of ether oxygens (including phenoxy) is 1. The molecule has 5 nitrogen and oxygen atoms in total. The van der Waals surface area contributed by atoms with E-state index < -0.39 is 11.7 Å². The van der Waals surface area contributed by atoms with Gasteiger partial charge in [-0.2, -0.15) is 13.2 Å². The molecule has 1 fully saturated rings. The summed E-state index contributed by atoms with van der Waals surface area (Å²) in [4.78, 5) is 15.8. The number of nitrogens with one attached hydrogen (secondary N) is 2. The van der Waals surface area contributed by atoms with Crippen molar-refractivity contribution in [3.63, 3.8) is 0 Å². The van der Waals surface area contributed by atoms with Crippen LogP contribution < -0.4 is 15.4 Å². The van der Waals surface area contributed by atoms with Gasteiger partial charge in [0.25, 0.3) is 0 Å². The number of hydrogen-bond donors (Lipinski definition) is 2. The fourth-order valence-corrected chi connectivity index (χ4v) is 2.26. The Morgan fingerprint density at radius 1 is 1.11 bits per heavy atom. The molecule has 10 heteroatoms. The number of pyridine rings is 1. The molecular weight excluding hydrogens is 418 g/mol. The lowest BCUT2D eigenvalue weighted by atomic mass is 10.2. The lowest BCUT2D eigenvalue weighted by Gasteiger charge is -2.09. The van der Waals surface area contributed by atoms with E-state index in [1.807, 2.05) is 0 Å². The third-order valence-corrected chi connectivity index (χ3v) is 3.84. The molecule has 28 heavy (non-hydrogen) atoms. The molecule has 1 saturated carbocycles. The Balaban J connectivity index is 0.00000196. The fraction of sp³-hybridized carbons (Fsp3) is 0.333. The van der Waals surface area contributed by atoms with Gasteiger partial charge in [-0.3, -0.25) is 4.79 Å². The number of rotatable bonds is 7. The summed E-state index contributed by atoms with van der Waals surface area (Å²) < 4.78 is 43.0. The van der Waals surface area contributed by atoms with Gasteiger partial charge >= 0.3 is 6.18 Å². The molecule has 1 aliphatic carbocycles. The van der Waals surface area contributed by atoms with Crippen LogP contribution in [0.4, 0.5) is 18.9 Å². The second-order valence-electron chi connectivity index (χ2n) is 6.13. The Labute approximate surface area is 172 Å². The molecule has 3 rings (SSSR count). The molecule has 1 heterocycles. The second kappa shape index (κ2) is 10.5. The monoisotopic (exact) mass is 437 g/mol. The van der Waals surface area contributed by atoms with Crippen molar-refractivity contribution in [2.45, 2.75) is 19.0 Å². The summed E-state index contributed by atoms with van der Waals surface area (Å²) >= 11 is 0. The van der Waals surface area contributed by atoms with Crippen LogP contribution in [0.2, 0.25) is 0 Å². The van der Waals surface area contributed by atoms with Gasteiger partial charge in [0.1, 0.15) is 5.75 Å². The maximum absolute atomic E-state index is 12.5. The molecule has 0 aliphatic heterocycles. The van der Waals surface area contributed by atoms with E-state index in [2.05, 4.69) is 15.6 Å². The lowest BCUT2D eigenvalue weighted by molar-refractivity contribution is -0.137. The molecule has 1 aromatic carbocycles. The van der Waals surface area contributed by atoms with E-state index in [4.69, 9.17) is 4.74 Å². The number of nitrogens with zero attached hydrogens (tertiary/aromatic N) is 1. The number of alkyl halides is 3. The summed E-state index contributed by atoms with van der Waals surface area (Å²) in [6.45, 7) is 1.09. The quantitative estimate of drug-likeness (QED) is 0.660. The van der Waals surface area contributed by atoms with Gasteiger partial charge in [-0.1, -0.05) is 0 Å². The molecule has 1 aliphatic rings. The van der Waals surface area contributed by atoms with Crippen molar-refractivity contribution in [2.75, 3.05) is 18.4 Å². The standard InChI is InChI=1S/C18H18F3N3O2.2ClH/c19-18(20,21)13-3-6-15(7-4-13)26-17-8-5-14(10-23-17)24-16(25)11-22-9-12-1-2-12;;/h3-8,10,12,22H,1-2,9,11H2,(H,24,25);2*1H. The van der Waals surface area contributed by atoms with Crippen LogP contribution >= 0.6 is 24.8 Å². The number of amides is 1. The van der Waals surface area contributed by atoms with Crippen molar-refractivity contribution in [3.05, 3.63) is 48.2 Å². The lowest BCUT2D eigenvalue weighted by Crippen LogP contribution is -2.29. The molecule has 2 N–H and O–H groups in total. The van der Waals surface area contributed by atoms with E-state index in [0.29, 0.717) is 11.6 Å². The normalized spacial score (nSPS) is 13.1. The zero-order chi connectivity index (χ0) is 18.6. The smallest absolute Gasteiger partial charge is 0.416 e. The first-order chi connectivity index (χ1) is 12.4. The van der Waals surface area contributed by atoms with E-state index in [9.17, 15) is 18.0 Å². The van der Waals surface area contributed by atoms with Crippen LogP contribution in [-0.4, -0.2) is 24.0 Å². The van der Waals surface area contributed by atoms with Gasteiger partial charge in [0.15, 0.2) is 0 Å². The first-order valence-electron chi connectivity index (χ1n) is 8.22. The summed E-state index contributed by atoms with van der Waals surface area (Å²) in [6, 6.07) is 7.49. The average molecular weight is 438 g/mol. The van der Waals surface area contributed by atoms with Gasteiger partial charge in [-0.25, -0.2) is 4.98 Å². The third kappa shape index (κ3) is 7.53. The van der Waals surface area contributed by atoms with Gasteiger partial charge in [-0.15, -0.1) is 24.8 Å². The molecule has 154 valence electrons. The van der Waals surface area contributed by atoms with Crippen molar-refractivity contribution in [1.29, 1.82) is 0 Å². The molecule has 2 aromatic rings. The van der Waals surface area contributed by atoms with Gasteiger partial charge in [0, 0.05) is 6.07 Å². The zero-order valence-electron chi connectivity index (χ0n) is 14.7. The summed E-state index contributed by atoms with van der Waals surface area (Å²) in [5, 5.41) is 5.80. The first kappa shape index (κ1) is 24.0. The van der Waals surface area contributed by atoms with Crippen LogP contribution in [0.15, 0.2) is 42.6 Å². The van der Waals surface area contributed by atoms with E-state index in [1.165, 1.54) is 37.2 Å². The number of halogens is 5. The fourth-order valence-electron chi connectivity index (χ4n) is 2.26. The van der Waals surface area contributed by atoms with Gasteiger partial charge in [0.05, 0.1) is 24.0 Å². The Kier molecular flexibility index (Phi) is 9.00. The summed E-state index contributed by atoms with van der Waals surface area (Å²) in [6.07, 6.45) is -0.514. The Morgan fingerprint density at radius 2 is 1.79 bits per heavy atom.